The Kier molecular flexibility index (Phi) is 6.77. The van der Waals surface area contributed by atoms with Crippen LogP contribution in [0.2, 0.25) is 0 Å². The number of aromatic nitrogens is 2. The Morgan fingerprint density at radius 3 is 2.52 bits per heavy atom. The molecular weight excluding hydrogens is 388 g/mol. The van der Waals surface area contributed by atoms with Crippen molar-refractivity contribution in [3.8, 4) is 0 Å². The Morgan fingerprint density at radius 2 is 1.77 bits per heavy atom. The average Bonchev–Trinajstić information content (AvgIpc) is 3.06. The van der Waals surface area contributed by atoms with Crippen LogP contribution in [-0.4, -0.2) is 46.5 Å². The standard InChI is InChI=1S/C25H30N4O2/c1-19-25(31)29(18-20-9-5-4-6-10-20)23-12-11-21(17-22(23)27-19)24(30)26-13-16-28-14-7-2-3-8-15-28/h4-6,9-12,17H,2-3,7-8,13-16,18H2,1H3,(H,26,30). The predicted molar refractivity (Wildman–Crippen MR) is 124 cm³/mol. The van der Waals surface area contributed by atoms with Crippen LogP contribution in [0.3, 0.4) is 0 Å². The molecule has 4 rings (SSSR count). The summed E-state index contributed by atoms with van der Waals surface area (Å²) >= 11 is 0. The summed E-state index contributed by atoms with van der Waals surface area (Å²) in [5.74, 6) is -0.100. The third-order valence-electron chi connectivity index (χ3n) is 5.97. The lowest BCUT2D eigenvalue weighted by atomic mass is 10.1. The van der Waals surface area contributed by atoms with Gasteiger partial charge in [-0.2, -0.15) is 0 Å². The van der Waals surface area contributed by atoms with Crippen molar-refractivity contribution in [3.05, 3.63) is 75.7 Å². The zero-order chi connectivity index (χ0) is 21.6. The molecule has 0 spiro atoms. The number of carbonyl (C=O) groups excluding carboxylic acids is 1. The minimum absolute atomic E-state index is 0.100. The zero-order valence-electron chi connectivity index (χ0n) is 18.1. The Bertz CT molecular complexity index is 1100. The van der Waals surface area contributed by atoms with Gasteiger partial charge in [-0.05, 0) is 56.6 Å². The number of rotatable bonds is 6. The monoisotopic (exact) mass is 418 g/mol. The van der Waals surface area contributed by atoms with E-state index in [2.05, 4.69) is 15.2 Å². The van der Waals surface area contributed by atoms with E-state index in [1.165, 1.54) is 25.7 Å². The normalized spacial score (nSPS) is 15.0. The van der Waals surface area contributed by atoms with Crippen LogP contribution < -0.4 is 10.9 Å². The lowest BCUT2D eigenvalue weighted by Crippen LogP contribution is -2.35. The maximum atomic E-state index is 12.7. The summed E-state index contributed by atoms with van der Waals surface area (Å²) < 4.78 is 1.73. The Hall–Kier alpha value is -2.99. The number of aryl methyl sites for hydroxylation is 1. The first kappa shape index (κ1) is 21.2. The van der Waals surface area contributed by atoms with E-state index in [9.17, 15) is 9.59 Å². The molecule has 0 radical (unpaired) electrons. The van der Waals surface area contributed by atoms with Gasteiger partial charge in [-0.25, -0.2) is 4.98 Å². The highest BCUT2D eigenvalue weighted by atomic mass is 16.1. The SMILES string of the molecule is Cc1nc2cc(C(=O)NCCN3CCCCCC3)ccc2n(Cc2ccccc2)c1=O. The predicted octanol–water partition coefficient (Wildman–Crippen LogP) is 3.36. The minimum atomic E-state index is -0.106. The second-order valence-corrected chi connectivity index (χ2v) is 8.29. The second kappa shape index (κ2) is 9.88. The highest BCUT2D eigenvalue weighted by Gasteiger charge is 2.13. The third kappa shape index (κ3) is 5.20. The molecule has 0 unspecified atom stereocenters. The van der Waals surface area contributed by atoms with E-state index in [0.29, 0.717) is 29.9 Å². The fraction of sp³-hybridized carbons (Fsp3) is 0.400. The van der Waals surface area contributed by atoms with Crippen molar-refractivity contribution >= 4 is 16.9 Å². The second-order valence-electron chi connectivity index (χ2n) is 8.29. The number of amides is 1. The minimum Gasteiger partial charge on any atom is -0.351 e. The molecule has 1 amide bonds. The van der Waals surface area contributed by atoms with Gasteiger partial charge in [0.25, 0.3) is 11.5 Å². The maximum absolute atomic E-state index is 12.7. The van der Waals surface area contributed by atoms with Crippen LogP contribution in [0, 0.1) is 6.92 Å². The highest BCUT2D eigenvalue weighted by Crippen LogP contribution is 2.15. The van der Waals surface area contributed by atoms with E-state index < -0.39 is 0 Å². The first-order valence-electron chi connectivity index (χ1n) is 11.2. The molecule has 0 saturated carbocycles. The quantitative estimate of drug-likeness (QED) is 0.667. The summed E-state index contributed by atoms with van der Waals surface area (Å²) in [6.45, 7) is 5.95. The van der Waals surface area contributed by atoms with Crippen LogP contribution in [-0.2, 0) is 6.54 Å². The van der Waals surface area contributed by atoms with Crippen molar-refractivity contribution in [2.24, 2.45) is 0 Å². The number of nitrogens with one attached hydrogen (secondary N) is 1. The molecule has 0 atom stereocenters. The molecule has 1 aliphatic heterocycles. The molecule has 1 saturated heterocycles. The number of hydrogen-bond donors (Lipinski definition) is 1. The summed E-state index contributed by atoms with van der Waals surface area (Å²) in [5.41, 5.74) is 3.34. The van der Waals surface area contributed by atoms with Gasteiger partial charge in [-0.3, -0.25) is 9.59 Å². The van der Waals surface area contributed by atoms with Crippen molar-refractivity contribution in [1.82, 2.24) is 19.8 Å². The molecule has 6 nitrogen and oxygen atoms in total. The van der Waals surface area contributed by atoms with E-state index in [1.807, 2.05) is 36.4 Å². The zero-order valence-corrected chi connectivity index (χ0v) is 18.1. The Balaban J connectivity index is 1.50. The molecule has 1 aromatic heterocycles. The molecule has 3 aromatic rings. The first-order chi connectivity index (χ1) is 15.1. The molecule has 2 heterocycles. The summed E-state index contributed by atoms with van der Waals surface area (Å²) in [6.07, 6.45) is 5.10. The summed E-state index contributed by atoms with van der Waals surface area (Å²) in [6, 6.07) is 15.3. The molecule has 0 bridgehead atoms. The number of likely N-dealkylation sites (tertiary alicyclic amines) is 1. The molecular formula is C25H30N4O2. The van der Waals surface area contributed by atoms with Crippen LogP contribution in [0.25, 0.3) is 11.0 Å². The van der Waals surface area contributed by atoms with E-state index in [-0.39, 0.29) is 11.5 Å². The van der Waals surface area contributed by atoms with Gasteiger partial charge < -0.3 is 14.8 Å². The van der Waals surface area contributed by atoms with Gasteiger partial charge >= 0.3 is 0 Å². The van der Waals surface area contributed by atoms with E-state index in [1.54, 1.807) is 23.6 Å². The van der Waals surface area contributed by atoms with Crippen LogP contribution in [0.15, 0.2) is 53.3 Å². The van der Waals surface area contributed by atoms with Crippen LogP contribution in [0.4, 0.5) is 0 Å². The molecule has 31 heavy (non-hydrogen) atoms. The largest absolute Gasteiger partial charge is 0.351 e. The Morgan fingerprint density at radius 1 is 1.03 bits per heavy atom. The lowest BCUT2D eigenvalue weighted by Gasteiger charge is -2.19. The van der Waals surface area contributed by atoms with Gasteiger partial charge in [0.05, 0.1) is 17.6 Å². The van der Waals surface area contributed by atoms with Gasteiger partial charge in [-0.15, -0.1) is 0 Å². The lowest BCUT2D eigenvalue weighted by molar-refractivity contribution is 0.0948. The van der Waals surface area contributed by atoms with Crippen LogP contribution >= 0.6 is 0 Å². The van der Waals surface area contributed by atoms with Crippen molar-refractivity contribution in [3.63, 3.8) is 0 Å². The van der Waals surface area contributed by atoms with Gasteiger partial charge in [0.2, 0.25) is 0 Å². The summed E-state index contributed by atoms with van der Waals surface area (Å²) in [7, 11) is 0. The Labute approximate surface area is 182 Å². The van der Waals surface area contributed by atoms with Gasteiger partial charge in [0, 0.05) is 18.7 Å². The smallest absolute Gasteiger partial charge is 0.272 e. The molecule has 0 aliphatic carbocycles. The number of carbonyl (C=O) groups is 1. The molecule has 2 aromatic carbocycles. The number of benzene rings is 2. The molecule has 6 heteroatoms. The van der Waals surface area contributed by atoms with E-state index in [4.69, 9.17) is 0 Å². The maximum Gasteiger partial charge on any atom is 0.272 e. The van der Waals surface area contributed by atoms with E-state index >= 15 is 0 Å². The van der Waals surface area contributed by atoms with E-state index in [0.717, 1.165) is 30.7 Å². The first-order valence-corrected chi connectivity index (χ1v) is 11.2. The highest BCUT2D eigenvalue weighted by molar-refractivity contribution is 5.97. The molecule has 1 N–H and O–H groups in total. The van der Waals surface area contributed by atoms with Gasteiger partial charge in [0.1, 0.15) is 5.69 Å². The molecule has 1 fully saturated rings. The fourth-order valence-electron chi connectivity index (χ4n) is 4.23. The van der Waals surface area contributed by atoms with Gasteiger partial charge in [-0.1, -0.05) is 43.2 Å². The fourth-order valence-corrected chi connectivity index (χ4v) is 4.23. The summed E-state index contributed by atoms with van der Waals surface area (Å²) in [5, 5.41) is 3.03. The molecule has 1 aliphatic rings. The topological polar surface area (TPSA) is 67.2 Å². The number of hydrogen-bond acceptors (Lipinski definition) is 4. The van der Waals surface area contributed by atoms with Crippen molar-refractivity contribution in [1.29, 1.82) is 0 Å². The van der Waals surface area contributed by atoms with Crippen molar-refractivity contribution < 1.29 is 4.79 Å². The van der Waals surface area contributed by atoms with Crippen molar-refractivity contribution in [2.45, 2.75) is 39.2 Å². The third-order valence-corrected chi connectivity index (χ3v) is 5.97. The van der Waals surface area contributed by atoms with Gasteiger partial charge in [0.15, 0.2) is 0 Å². The van der Waals surface area contributed by atoms with Crippen molar-refractivity contribution in [2.75, 3.05) is 26.2 Å². The average molecular weight is 419 g/mol. The number of nitrogens with zero attached hydrogens (tertiary/aromatic N) is 3. The number of fused-ring (bicyclic) bond motifs is 1. The van der Waals surface area contributed by atoms with Crippen LogP contribution in [0.1, 0.15) is 47.3 Å². The summed E-state index contributed by atoms with van der Waals surface area (Å²) in [4.78, 5) is 32.3. The van der Waals surface area contributed by atoms with Crippen LogP contribution in [0.5, 0.6) is 0 Å². The molecule has 162 valence electrons.